The highest BCUT2D eigenvalue weighted by molar-refractivity contribution is 5.55. The lowest BCUT2D eigenvalue weighted by Crippen LogP contribution is -2.39. The van der Waals surface area contributed by atoms with Crippen molar-refractivity contribution >= 4 is 5.69 Å². The summed E-state index contributed by atoms with van der Waals surface area (Å²) in [6.07, 6.45) is 0. The van der Waals surface area contributed by atoms with Crippen LogP contribution in [-0.2, 0) is 0 Å². The maximum absolute atomic E-state index is 2.42. The first-order valence-electron chi connectivity index (χ1n) is 6.98. The maximum atomic E-state index is 2.42. The lowest BCUT2D eigenvalue weighted by molar-refractivity contribution is 0.329. The zero-order valence-corrected chi connectivity index (χ0v) is 13.3. The van der Waals surface area contributed by atoms with Gasteiger partial charge in [0.15, 0.2) is 0 Å². The van der Waals surface area contributed by atoms with Gasteiger partial charge in [0, 0.05) is 18.8 Å². The van der Waals surface area contributed by atoms with Crippen LogP contribution in [0.4, 0.5) is 5.69 Å². The van der Waals surface area contributed by atoms with Crippen molar-refractivity contribution in [3.63, 3.8) is 0 Å². The van der Waals surface area contributed by atoms with Crippen molar-refractivity contribution in [2.24, 2.45) is 5.41 Å². The van der Waals surface area contributed by atoms with Crippen LogP contribution in [0.15, 0.2) is 18.2 Å². The molecular weight excluding hydrogens is 218 g/mol. The largest absolute Gasteiger partial charge is 0.371 e. The minimum atomic E-state index is 0.287. The van der Waals surface area contributed by atoms with E-state index in [9.17, 15) is 0 Å². The highest BCUT2D eigenvalue weighted by Gasteiger charge is 2.25. The van der Waals surface area contributed by atoms with Crippen LogP contribution < -0.4 is 4.90 Å². The maximum Gasteiger partial charge on any atom is 0.0398 e. The fourth-order valence-electron chi connectivity index (χ4n) is 2.16. The van der Waals surface area contributed by atoms with E-state index in [4.69, 9.17) is 0 Å². The van der Waals surface area contributed by atoms with Gasteiger partial charge in [-0.05, 0) is 42.4 Å². The minimum Gasteiger partial charge on any atom is -0.371 e. The van der Waals surface area contributed by atoms with Gasteiger partial charge in [0.1, 0.15) is 0 Å². The number of rotatable bonds is 3. The van der Waals surface area contributed by atoms with Gasteiger partial charge in [-0.1, -0.05) is 46.8 Å². The Kier molecular flexibility index (Phi) is 4.47. The van der Waals surface area contributed by atoms with E-state index in [1.807, 2.05) is 0 Å². The molecule has 0 saturated carbocycles. The molecule has 1 aromatic carbocycles. The van der Waals surface area contributed by atoms with Crippen LogP contribution >= 0.6 is 0 Å². The number of hydrogen-bond acceptors (Lipinski definition) is 1. The molecular formula is C17H29N. The van der Waals surface area contributed by atoms with Crippen molar-refractivity contribution in [2.75, 3.05) is 11.9 Å². The Balaban J connectivity index is 3.12. The van der Waals surface area contributed by atoms with E-state index >= 15 is 0 Å². The molecule has 0 radical (unpaired) electrons. The topological polar surface area (TPSA) is 3.24 Å². The lowest BCUT2D eigenvalue weighted by atomic mass is 9.86. The summed E-state index contributed by atoms with van der Waals surface area (Å²) in [5.74, 6) is 0.586. The summed E-state index contributed by atoms with van der Waals surface area (Å²) in [5, 5.41) is 0. The minimum absolute atomic E-state index is 0.287. The van der Waals surface area contributed by atoms with Gasteiger partial charge in [-0.15, -0.1) is 0 Å². The van der Waals surface area contributed by atoms with Crippen molar-refractivity contribution in [3.05, 3.63) is 29.3 Å². The molecule has 0 saturated heterocycles. The van der Waals surface area contributed by atoms with Crippen LogP contribution in [0.25, 0.3) is 0 Å². The SMILES string of the molecule is Cc1ccc(C(C)C)cc1N(C)C(C)C(C)(C)C. The first-order chi connectivity index (χ1) is 8.14. The standard InChI is InChI=1S/C17H29N/c1-12(2)15-10-9-13(3)16(11-15)18(8)14(4)17(5,6)7/h9-12,14H,1-8H3. The summed E-state index contributed by atoms with van der Waals surface area (Å²) in [6, 6.07) is 7.36. The van der Waals surface area contributed by atoms with Gasteiger partial charge in [-0.2, -0.15) is 0 Å². The van der Waals surface area contributed by atoms with Crippen molar-refractivity contribution < 1.29 is 0 Å². The fraction of sp³-hybridized carbons (Fsp3) is 0.647. The molecule has 0 aliphatic rings. The van der Waals surface area contributed by atoms with E-state index in [2.05, 4.69) is 78.6 Å². The van der Waals surface area contributed by atoms with Gasteiger partial charge in [0.25, 0.3) is 0 Å². The molecule has 0 bridgehead atoms. The zero-order chi connectivity index (χ0) is 14.1. The molecule has 0 aliphatic carbocycles. The Morgan fingerprint density at radius 1 is 1.06 bits per heavy atom. The Hall–Kier alpha value is -0.980. The molecule has 1 heteroatoms. The van der Waals surface area contributed by atoms with Crippen molar-refractivity contribution in [2.45, 2.75) is 60.4 Å². The normalized spacial score (nSPS) is 13.8. The van der Waals surface area contributed by atoms with E-state index in [1.54, 1.807) is 0 Å². The summed E-state index contributed by atoms with van der Waals surface area (Å²) >= 11 is 0. The molecule has 0 amide bonds. The summed E-state index contributed by atoms with van der Waals surface area (Å²) in [5.41, 5.74) is 4.43. The number of hydrogen-bond donors (Lipinski definition) is 0. The Morgan fingerprint density at radius 3 is 2.06 bits per heavy atom. The van der Waals surface area contributed by atoms with Crippen LogP contribution in [0.2, 0.25) is 0 Å². The van der Waals surface area contributed by atoms with E-state index < -0.39 is 0 Å². The third kappa shape index (κ3) is 3.28. The summed E-state index contributed by atoms with van der Waals surface area (Å²) in [6.45, 7) is 15.9. The molecule has 102 valence electrons. The highest BCUT2D eigenvalue weighted by atomic mass is 15.1. The van der Waals surface area contributed by atoms with E-state index in [0.717, 1.165) is 0 Å². The van der Waals surface area contributed by atoms with Gasteiger partial charge in [-0.25, -0.2) is 0 Å². The zero-order valence-electron chi connectivity index (χ0n) is 13.3. The second-order valence-corrected chi connectivity index (χ2v) is 6.85. The third-order valence-electron chi connectivity index (χ3n) is 4.11. The van der Waals surface area contributed by atoms with Crippen molar-refractivity contribution in [1.82, 2.24) is 0 Å². The summed E-state index contributed by atoms with van der Waals surface area (Å²) < 4.78 is 0. The second-order valence-electron chi connectivity index (χ2n) is 6.85. The molecule has 1 atom stereocenters. The summed E-state index contributed by atoms with van der Waals surface area (Å²) in [7, 11) is 2.21. The highest BCUT2D eigenvalue weighted by Crippen LogP contribution is 2.31. The van der Waals surface area contributed by atoms with E-state index in [1.165, 1.54) is 16.8 Å². The Bertz CT molecular complexity index is 399. The molecule has 18 heavy (non-hydrogen) atoms. The Morgan fingerprint density at radius 2 is 1.61 bits per heavy atom. The van der Waals surface area contributed by atoms with Crippen LogP contribution in [-0.4, -0.2) is 13.1 Å². The molecule has 1 aromatic rings. The van der Waals surface area contributed by atoms with Crippen LogP contribution in [0.3, 0.4) is 0 Å². The molecule has 0 aromatic heterocycles. The predicted octanol–water partition coefficient (Wildman–Crippen LogP) is 4.99. The number of nitrogens with zero attached hydrogens (tertiary/aromatic N) is 1. The first kappa shape index (κ1) is 15.1. The van der Waals surface area contributed by atoms with Gasteiger partial charge in [0.2, 0.25) is 0 Å². The number of aryl methyl sites for hydroxylation is 1. The number of benzene rings is 1. The predicted molar refractivity (Wildman–Crippen MR) is 82.6 cm³/mol. The van der Waals surface area contributed by atoms with E-state index in [-0.39, 0.29) is 5.41 Å². The summed E-state index contributed by atoms with van der Waals surface area (Å²) in [4.78, 5) is 2.42. The van der Waals surface area contributed by atoms with Crippen molar-refractivity contribution in [3.8, 4) is 0 Å². The fourth-order valence-corrected chi connectivity index (χ4v) is 2.16. The van der Waals surface area contributed by atoms with Gasteiger partial charge in [0.05, 0.1) is 0 Å². The van der Waals surface area contributed by atoms with Crippen LogP contribution in [0.5, 0.6) is 0 Å². The lowest BCUT2D eigenvalue weighted by Gasteiger charge is -2.38. The quantitative estimate of drug-likeness (QED) is 0.727. The molecule has 0 heterocycles. The first-order valence-corrected chi connectivity index (χ1v) is 6.98. The van der Waals surface area contributed by atoms with Crippen LogP contribution in [0, 0.1) is 12.3 Å². The molecule has 0 N–H and O–H groups in total. The van der Waals surface area contributed by atoms with E-state index in [0.29, 0.717) is 12.0 Å². The van der Waals surface area contributed by atoms with Crippen LogP contribution in [0.1, 0.15) is 58.6 Å². The van der Waals surface area contributed by atoms with Gasteiger partial charge in [-0.3, -0.25) is 0 Å². The smallest absolute Gasteiger partial charge is 0.0398 e. The number of anilines is 1. The average Bonchev–Trinajstić information content (AvgIpc) is 2.26. The molecule has 1 nitrogen and oxygen atoms in total. The van der Waals surface area contributed by atoms with Gasteiger partial charge >= 0.3 is 0 Å². The monoisotopic (exact) mass is 247 g/mol. The third-order valence-corrected chi connectivity index (χ3v) is 4.11. The van der Waals surface area contributed by atoms with Crippen molar-refractivity contribution in [1.29, 1.82) is 0 Å². The van der Waals surface area contributed by atoms with Gasteiger partial charge < -0.3 is 4.90 Å². The molecule has 0 fully saturated rings. The molecule has 1 unspecified atom stereocenters. The Labute approximate surface area is 113 Å². The second kappa shape index (κ2) is 5.34. The molecule has 0 aliphatic heterocycles. The average molecular weight is 247 g/mol. The molecule has 1 rings (SSSR count). The molecule has 0 spiro atoms.